The topological polar surface area (TPSA) is 128 Å². The fraction of sp³-hybridized carbons (Fsp3) is 0.632. The van der Waals surface area contributed by atoms with E-state index in [2.05, 4.69) is 5.32 Å². The van der Waals surface area contributed by atoms with Crippen LogP contribution < -0.4 is 5.32 Å². The third-order valence-corrected chi connectivity index (χ3v) is 4.69. The number of nitrogens with one attached hydrogen (secondary N) is 1. The van der Waals surface area contributed by atoms with Gasteiger partial charge in [-0.15, -0.1) is 0 Å². The molecule has 1 saturated heterocycles. The van der Waals surface area contributed by atoms with E-state index in [1.807, 2.05) is 30.3 Å². The van der Waals surface area contributed by atoms with Gasteiger partial charge in [-0.3, -0.25) is 4.79 Å². The SMILES string of the molecule is CC(C)(CO)[C@@H](O)C(=O)NC[C@H]1O[C@H](OCc2ccccc2)C[C@@H](O)[C@@H]1O. The van der Waals surface area contributed by atoms with Crippen molar-refractivity contribution in [2.45, 2.75) is 57.6 Å². The van der Waals surface area contributed by atoms with Crippen LogP contribution in [-0.2, 0) is 20.9 Å². The minimum Gasteiger partial charge on any atom is -0.396 e. The Hall–Kier alpha value is -1.55. The minimum absolute atomic E-state index is 0.110. The lowest BCUT2D eigenvalue weighted by atomic mass is 9.87. The number of aliphatic hydroxyl groups excluding tert-OH is 4. The maximum absolute atomic E-state index is 12.1. The number of carbonyl (C=O) groups excluding carboxylic acids is 1. The third-order valence-electron chi connectivity index (χ3n) is 4.69. The van der Waals surface area contributed by atoms with E-state index < -0.39 is 42.0 Å². The molecule has 1 aliphatic heterocycles. The van der Waals surface area contributed by atoms with Crippen LogP contribution in [0.15, 0.2) is 30.3 Å². The van der Waals surface area contributed by atoms with Crippen molar-refractivity contribution in [1.82, 2.24) is 5.32 Å². The van der Waals surface area contributed by atoms with Gasteiger partial charge in [0, 0.05) is 18.4 Å². The van der Waals surface area contributed by atoms with Crippen LogP contribution in [-0.4, -0.2) is 70.2 Å². The summed E-state index contributed by atoms with van der Waals surface area (Å²) >= 11 is 0. The second-order valence-corrected chi connectivity index (χ2v) is 7.49. The average molecular weight is 383 g/mol. The van der Waals surface area contributed by atoms with Crippen molar-refractivity contribution >= 4 is 5.91 Å². The molecule has 1 amide bonds. The normalized spacial score (nSPS) is 27.2. The van der Waals surface area contributed by atoms with Crippen molar-refractivity contribution < 1.29 is 34.7 Å². The van der Waals surface area contributed by atoms with E-state index >= 15 is 0 Å². The van der Waals surface area contributed by atoms with Crippen LogP contribution in [0.4, 0.5) is 0 Å². The molecule has 0 radical (unpaired) electrons. The zero-order valence-electron chi connectivity index (χ0n) is 15.6. The molecule has 5 N–H and O–H groups in total. The Morgan fingerprint density at radius 2 is 2.00 bits per heavy atom. The molecule has 0 aliphatic carbocycles. The first-order valence-corrected chi connectivity index (χ1v) is 8.98. The molecule has 1 heterocycles. The first-order valence-electron chi connectivity index (χ1n) is 8.98. The van der Waals surface area contributed by atoms with E-state index in [-0.39, 0.29) is 26.2 Å². The van der Waals surface area contributed by atoms with E-state index in [1.54, 1.807) is 13.8 Å². The molecule has 0 aromatic heterocycles. The molecule has 0 saturated carbocycles. The molecule has 1 fully saturated rings. The van der Waals surface area contributed by atoms with Gasteiger partial charge in [0.1, 0.15) is 18.3 Å². The first-order chi connectivity index (χ1) is 12.7. The number of amides is 1. The molecule has 1 aliphatic rings. The fourth-order valence-corrected chi connectivity index (χ4v) is 2.69. The van der Waals surface area contributed by atoms with Crippen molar-refractivity contribution in [2.24, 2.45) is 5.41 Å². The van der Waals surface area contributed by atoms with Crippen LogP contribution in [0.5, 0.6) is 0 Å². The molecular formula is C19H29NO7. The smallest absolute Gasteiger partial charge is 0.249 e. The van der Waals surface area contributed by atoms with E-state index in [4.69, 9.17) is 9.47 Å². The van der Waals surface area contributed by atoms with Crippen molar-refractivity contribution in [3.8, 4) is 0 Å². The average Bonchev–Trinajstić information content (AvgIpc) is 2.67. The summed E-state index contributed by atoms with van der Waals surface area (Å²) in [5.41, 5.74) is -0.0577. The molecule has 2 rings (SSSR count). The van der Waals surface area contributed by atoms with Crippen LogP contribution in [0, 0.1) is 5.41 Å². The highest BCUT2D eigenvalue weighted by Gasteiger charge is 2.38. The number of carbonyl (C=O) groups is 1. The summed E-state index contributed by atoms with van der Waals surface area (Å²) in [5, 5.41) is 41.9. The molecule has 152 valence electrons. The molecule has 8 heteroatoms. The summed E-state index contributed by atoms with van der Waals surface area (Å²) in [5.74, 6) is -0.688. The van der Waals surface area contributed by atoms with E-state index in [9.17, 15) is 25.2 Å². The standard InChI is InChI=1S/C19H29NO7/c1-19(2,11-21)17(24)18(25)20-9-14-16(23)13(22)8-15(27-14)26-10-12-6-4-3-5-7-12/h3-7,13-17,21-24H,8-11H2,1-2H3,(H,20,25)/t13-,14-,15+,16+,17+/m1/s1. The Morgan fingerprint density at radius 3 is 2.63 bits per heavy atom. The van der Waals surface area contributed by atoms with E-state index in [0.29, 0.717) is 0 Å². The van der Waals surface area contributed by atoms with Crippen molar-refractivity contribution in [3.05, 3.63) is 35.9 Å². The molecule has 1 aromatic rings. The lowest BCUT2D eigenvalue weighted by molar-refractivity contribution is -0.252. The molecule has 0 spiro atoms. The Balaban J connectivity index is 1.88. The fourth-order valence-electron chi connectivity index (χ4n) is 2.69. The predicted octanol–water partition coefficient (Wildman–Crippen LogP) is -0.464. The third kappa shape index (κ3) is 5.97. The van der Waals surface area contributed by atoms with E-state index in [1.165, 1.54) is 0 Å². The van der Waals surface area contributed by atoms with Gasteiger partial charge in [0.25, 0.3) is 0 Å². The summed E-state index contributed by atoms with van der Waals surface area (Å²) in [6, 6.07) is 9.46. The van der Waals surface area contributed by atoms with Crippen molar-refractivity contribution in [3.63, 3.8) is 0 Å². The highest BCUT2D eigenvalue weighted by molar-refractivity contribution is 5.81. The molecular weight excluding hydrogens is 354 g/mol. The van der Waals surface area contributed by atoms with Gasteiger partial charge in [0.15, 0.2) is 6.29 Å². The lowest BCUT2D eigenvalue weighted by Gasteiger charge is -2.37. The second kappa shape index (κ2) is 9.59. The summed E-state index contributed by atoms with van der Waals surface area (Å²) in [6.07, 6.45) is -5.17. The number of hydrogen-bond donors (Lipinski definition) is 5. The monoisotopic (exact) mass is 383 g/mol. The quantitative estimate of drug-likeness (QED) is 0.411. The molecule has 1 aromatic carbocycles. The largest absolute Gasteiger partial charge is 0.396 e. The predicted molar refractivity (Wildman–Crippen MR) is 96.4 cm³/mol. The maximum Gasteiger partial charge on any atom is 0.249 e. The molecule has 27 heavy (non-hydrogen) atoms. The van der Waals surface area contributed by atoms with Crippen molar-refractivity contribution in [1.29, 1.82) is 0 Å². The van der Waals surface area contributed by atoms with Gasteiger partial charge in [-0.1, -0.05) is 44.2 Å². The number of benzene rings is 1. The number of hydrogen-bond acceptors (Lipinski definition) is 7. The number of aliphatic hydroxyl groups is 4. The van der Waals surface area contributed by atoms with Gasteiger partial charge in [-0.25, -0.2) is 0 Å². The number of ether oxygens (including phenoxy) is 2. The summed E-state index contributed by atoms with van der Waals surface area (Å²) in [6.45, 7) is 2.93. The van der Waals surface area contributed by atoms with Crippen LogP contribution in [0.25, 0.3) is 0 Å². The summed E-state index contributed by atoms with van der Waals surface area (Å²) in [4.78, 5) is 12.1. The Kier molecular flexibility index (Phi) is 7.72. The molecule has 5 atom stereocenters. The molecule has 8 nitrogen and oxygen atoms in total. The van der Waals surface area contributed by atoms with Crippen LogP contribution in [0.3, 0.4) is 0 Å². The Labute approximate surface area is 158 Å². The first kappa shape index (κ1) is 21.7. The summed E-state index contributed by atoms with van der Waals surface area (Å²) in [7, 11) is 0. The summed E-state index contributed by atoms with van der Waals surface area (Å²) < 4.78 is 11.3. The zero-order chi connectivity index (χ0) is 20.0. The Morgan fingerprint density at radius 1 is 1.33 bits per heavy atom. The van der Waals surface area contributed by atoms with Gasteiger partial charge in [0.2, 0.25) is 5.91 Å². The zero-order valence-corrected chi connectivity index (χ0v) is 15.6. The lowest BCUT2D eigenvalue weighted by Crippen LogP contribution is -2.55. The van der Waals surface area contributed by atoms with Gasteiger partial charge < -0.3 is 35.2 Å². The maximum atomic E-state index is 12.1. The Bertz CT molecular complexity index is 595. The highest BCUT2D eigenvalue weighted by atomic mass is 16.7. The van der Waals surface area contributed by atoms with Crippen molar-refractivity contribution in [2.75, 3.05) is 13.2 Å². The van der Waals surface area contributed by atoms with Gasteiger partial charge in [-0.05, 0) is 5.56 Å². The van der Waals surface area contributed by atoms with Gasteiger partial charge in [0.05, 0.1) is 19.3 Å². The highest BCUT2D eigenvalue weighted by Crippen LogP contribution is 2.23. The molecule has 0 unspecified atom stereocenters. The van der Waals surface area contributed by atoms with Gasteiger partial charge >= 0.3 is 0 Å². The molecule has 0 bridgehead atoms. The van der Waals surface area contributed by atoms with Gasteiger partial charge in [-0.2, -0.15) is 0 Å². The van der Waals surface area contributed by atoms with Crippen LogP contribution in [0.2, 0.25) is 0 Å². The van der Waals surface area contributed by atoms with E-state index in [0.717, 1.165) is 5.56 Å². The minimum atomic E-state index is -1.42. The number of rotatable bonds is 8. The second-order valence-electron chi connectivity index (χ2n) is 7.49. The van der Waals surface area contributed by atoms with Crippen LogP contribution in [0.1, 0.15) is 25.8 Å². The van der Waals surface area contributed by atoms with Crippen LogP contribution >= 0.6 is 0 Å².